The Bertz CT molecular complexity index is 306. The molecule has 0 aliphatic rings. The number of hydrogen-bond donors (Lipinski definition) is 3. The highest BCUT2D eigenvalue weighted by atomic mass is 16.7. The van der Waals surface area contributed by atoms with E-state index in [2.05, 4.69) is 13.0 Å². The standard InChI is InChI=1S/C16H26O3/c1-2-3-4-5-6-7-8-9-10-11-12-13-14-15-16(17,18)19/h8-15,17-19H,2-7H2,1H3. The van der Waals surface area contributed by atoms with E-state index < -0.39 is 5.97 Å². The quantitative estimate of drug-likeness (QED) is 0.323. The van der Waals surface area contributed by atoms with Gasteiger partial charge in [0.05, 0.1) is 0 Å². The van der Waals surface area contributed by atoms with Crippen molar-refractivity contribution in [3.05, 3.63) is 48.6 Å². The van der Waals surface area contributed by atoms with E-state index in [0.717, 1.165) is 12.5 Å². The Kier molecular flexibility index (Phi) is 11.2. The zero-order chi connectivity index (χ0) is 14.4. The minimum absolute atomic E-state index is 0.878. The van der Waals surface area contributed by atoms with Crippen molar-refractivity contribution >= 4 is 0 Å². The highest BCUT2D eigenvalue weighted by Crippen LogP contribution is 2.05. The lowest BCUT2D eigenvalue weighted by atomic mass is 10.1. The van der Waals surface area contributed by atoms with Crippen molar-refractivity contribution in [2.24, 2.45) is 0 Å². The molecule has 0 saturated carbocycles. The van der Waals surface area contributed by atoms with Gasteiger partial charge in [0.25, 0.3) is 5.97 Å². The van der Waals surface area contributed by atoms with Gasteiger partial charge in [-0.05, 0) is 12.8 Å². The highest BCUT2D eigenvalue weighted by molar-refractivity contribution is 5.15. The van der Waals surface area contributed by atoms with Crippen LogP contribution in [0.3, 0.4) is 0 Å². The van der Waals surface area contributed by atoms with E-state index in [9.17, 15) is 0 Å². The summed E-state index contributed by atoms with van der Waals surface area (Å²) in [5.41, 5.74) is 0. The van der Waals surface area contributed by atoms with Gasteiger partial charge in [-0.1, -0.05) is 75.1 Å². The first kappa shape index (κ1) is 17.8. The maximum Gasteiger partial charge on any atom is 0.297 e. The zero-order valence-corrected chi connectivity index (χ0v) is 11.7. The van der Waals surface area contributed by atoms with Gasteiger partial charge in [0.1, 0.15) is 0 Å². The molecule has 3 heteroatoms. The van der Waals surface area contributed by atoms with Crippen molar-refractivity contribution in [1.29, 1.82) is 0 Å². The summed E-state index contributed by atoms with van der Waals surface area (Å²) in [6.45, 7) is 2.22. The van der Waals surface area contributed by atoms with E-state index in [1.165, 1.54) is 38.2 Å². The highest BCUT2D eigenvalue weighted by Gasteiger charge is 2.10. The zero-order valence-electron chi connectivity index (χ0n) is 11.7. The monoisotopic (exact) mass is 266 g/mol. The van der Waals surface area contributed by atoms with E-state index in [4.69, 9.17) is 15.3 Å². The molecule has 108 valence electrons. The maximum atomic E-state index is 8.56. The first-order chi connectivity index (χ1) is 9.06. The van der Waals surface area contributed by atoms with E-state index in [1.54, 1.807) is 12.2 Å². The molecule has 0 aliphatic carbocycles. The average molecular weight is 266 g/mol. The summed E-state index contributed by atoms with van der Waals surface area (Å²) in [6.07, 6.45) is 21.1. The minimum atomic E-state index is -2.73. The molecule has 0 radical (unpaired) electrons. The molecule has 0 rings (SSSR count). The second kappa shape index (κ2) is 11.9. The van der Waals surface area contributed by atoms with Crippen LogP contribution in [0, 0.1) is 0 Å². The molecular weight excluding hydrogens is 240 g/mol. The Morgan fingerprint density at radius 3 is 1.95 bits per heavy atom. The van der Waals surface area contributed by atoms with Crippen LogP contribution in [-0.2, 0) is 0 Å². The van der Waals surface area contributed by atoms with Gasteiger partial charge in [-0.2, -0.15) is 0 Å². The van der Waals surface area contributed by atoms with Crippen molar-refractivity contribution < 1.29 is 15.3 Å². The van der Waals surface area contributed by atoms with Crippen LogP contribution in [0.1, 0.15) is 45.4 Å². The Labute approximate surface area is 116 Å². The molecule has 3 N–H and O–H groups in total. The van der Waals surface area contributed by atoms with Crippen LogP contribution in [0.2, 0.25) is 0 Å². The van der Waals surface area contributed by atoms with Crippen LogP contribution in [0.5, 0.6) is 0 Å². The van der Waals surface area contributed by atoms with Crippen LogP contribution in [0.15, 0.2) is 48.6 Å². The summed E-state index contributed by atoms with van der Waals surface area (Å²) in [7, 11) is 0. The van der Waals surface area contributed by atoms with Crippen molar-refractivity contribution in [1.82, 2.24) is 0 Å². The lowest BCUT2D eigenvalue weighted by molar-refractivity contribution is -0.273. The van der Waals surface area contributed by atoms with E-state index in [1.807, 2.05) is 18.2 Å². The largest absolute Gasteiger partial charge is 0.340 e. The Morgan fingerprint density at radius 1 is 0.737 bits per heavy atom. The lowest BCUT2D eigenvalue weighted by Crippen LogP contribution is -2.22. The van der Waals surface area contributed by atoms with Crippen LogP contribution in [-0.4, -0.2) is 21.3 Å². The van der Waals surface area contributed by atoms with E-state index >= 15 is 0 Å². The molecule has 0 aromatic heterocycles. The molecule has 0 aromatic rings. The van der Waals surface area contributed by atoms with Crippen molar-refractivity contribution in [2.45, 2.75) is 51.4 Å². The molecule has 0 fully saturated rings. The SMILES string of the molecule is CCCCCCCC=CC=CC=CC=CC(O)(O)O. The minimum Gasteiger partial charge on any atom is -0.340 e. The smallest absolute Gasteiger partial charge is 0.297 e. The molecule has 0 bridgehead atoms. The van der Waals surface area contributed by atoms with Gasteiger partial charge in [-0.3, -0.25) is 0 Å². The molecule has 0 aliphatic heterocycles. The first-order valence-corrected chi connectivity index (χ1v) is 6.91. The summed E-state index contributed by atoms with van der Waals surface area (Å²) in [6, 6.07) is 0. The lowest BCUT2D eigenvalue weighted by Gasteiger charge is -2.05. The molecular formula is C16H26O3. The Hall–Kier alpha value is -1.16. The van der Waals surface area contributed by atoms with Crippen molar-refractivity contribution in [2.75, 3.05) is 0 Å². The van der Waals surface area contributed by atoms with Gasteiger partial charge in [-0.15, -0.1) is 0 Å². The number of allylic oxidation sites excluding steroid dienone is 7. The first-order valence-electron chi connectivity index (χ1n) is 6.91. The van der Waals surface area contributed by atoms with E-state index in [-0.39, 0.29) is 0 Å². The molecule has 0 unspecified atom stereocenters. The number of hydrogen-bond acceptors (Lipinski definition) is 3. The summed E-state index contributed by atoms with van der Waals surface area (Å²) >= 11 is 0. The molecule has 3 nitrogen and oxygen atoms in total. The van der Waals surface area contributed by atoms with Crippen LogP contribution >= 0.6 is 0 Å². The molecule has 0 amide bonds. The van der Waals surface area contributed by atoms with Crippen molar-refractivity contribution in [3.63, 3.8) is 0 Å². The van der Waals surface area contributed by atoms with Gasteiger partial charge in [0.2, 0.25) is 0 Å². The van der Waals surface area contributed by atoms with Gasteiger partial charge >= 0.3 is 0 Å². The molecule has 0 spiro atoms. The van der Waals surface area contributed by atoms with Gasteiger partial charge in [-0.25, -0.2) is 0 Å². The third-order valence-corrected chi connectivity index (χ3v) is 2.49. The van der Waals surface area contributed by atoms with E-state index in [0.29, 0.717) is 0 Å². The summed E-state index contributed by atoms with van der Waals surface area (Å²) in [5, 5.41) is 25.7. The number of aliphatic hydroxyl groups is 3. The molecule has 0 aromatic carbocycles. The summed E-state index contributed by atoms with van der Waals surface area (Å²) in [5.74, 6) is -2.73. The summed E-state index contributed by atoms with van der Waals surface area (Å²) < 4.78 is 0. The molecule has 0 atom stereocenters. The van der Waals surface area contributed by atoms with Gasteiger partial charge in [0, 0.05) is 6.08 Å². The fraction of sp³-hybridized carbons (Fsp3) is 0.500. The fourth-order valence-electron chi connectivity index (χ4n) is 1.48. The maximum absolute atomic E-state index is 8.56. The topological polar surface area (TPSA) is 60.7 Å². The van der Waals surface area contributed by atoms with Crippen LogP contribution in [0.4, 0.5) is 0 Å². The second-order valence-corrected chi connectivity index (χ2v) is 4.45. The third kappa shape index (κ3) is 16.8. The van der Waals surface area contributed by atoms with Gasteiger partial charge in [0.15, 0.2) is 0 Å². The van der Waals surface area contributed by atoms with Gasteiger partial charge < -0.3 is 15.3 Å². The molecule has 0 heterocycles. The number of unbranched alkanes of at least 4 members (excludes halogenated alkanes) is 5. The van der Waals surface area contributed by atoms with Crippen molar-refractivity contribution in [3.8, 4) is 0 Å². The fourth-order valence-corrected chi connectivity index (χ4v) is 1.48. The normalized spacial score (nSPS) is 13.7. The number of rotatable bonds is 10. The Morgan fingerprint density at radius 2 is 1.32 bits per heavy atom. The predicted octanol–water partition coefficient (Wildman–Crippen LogP) is 3.20. The molecule has 0 saturated heterocycles. The summed E-state index contributed by atoms with van der Waals surface area (Å²) in [4.78, 5) is 0. The third-order valence-electron chi connectivity index (χ3n) is 2.49. The predicted molar refractivity (Wildman–Crippen MR) is 79.3 cm³/mol. The van der Waals surface area contributed by atoms with Crippen LogP contribution in [0.25, 0.3) is 0 Å². The Balaban J connectivity index is 3.57. The van der Waals surface area contributed by atoms with Crippen LogP contribution < -0.4 is 0 Å². The second-order valence-electron chi connectivity index (χ2n) is 4.45. The molecule has 19 heavy (non-hydrogen) atoms. The average Bonchev–Trinajstić information content (AvgIpc) is 2.34.